The molecule has 0 N–H and O–H groups in total. The molecule has 0 amide bonds. The van der Waals surface area contributed by atoms with Crippen LogP contribution in [0.25, 0.3) is 103 Å². The molecule has 12 rings (SSSR count). The quantitative estimate of drug-likeness (QED) is 0.166. The van der Waals surface area contributed by atoms with Gasteiger partial charge in [-0.05, 0) is 110 Å². The number of benzene rings is 2. The second-order valence-corrected chi connectivity index (χ2v) is 14.7. The lowest BCUT2D eigenvalue weighted by Crippen LogP contribution is -1.99. The summed E-state index contributed by atoms with van der Waals surface area (Å²) in [6.45, 7) is 5.42. The van der Waals surface area contributed by atoms with Gasteiger partial charge in [-0.1, -0.05) is 24.8 Å². The van der Waals surface area contributed by atoms with Crippen LogP contribution >= 0.6 is 11.3 Å². The van der Waals surface area contributed by atoms with Gasteiger partial charge in [-0.2, -0.15) is 0 Å². The van der Waals surface area contributed by atoms with Crippen LogP contribution in [-0.2, 0) is 0 Å². The van der Waals surface area contributed by atoms with Crippen molar-refractivity contribution in [1.29, 1.82) is 0 Å². The van der Waals surface area contributed by atoms with Crippen molar-refractivity contribution in [3.8, 4) is 17.1 Å². The Hall–Kier alpha value is -7.56. The SMILES string of the molecule is C=C/C=C\C.c1cnc2c3ncccc3n(-c3ccc4sc5c(-n6c7cccnc7c7ncccc76)cc(-n6c7cccnc7c7ncccc76)cc5c4c3)c2c1. The number of nitrogens with zero attached hydrogens (tertiary/aromatic N) is 9. The minimum Gasteiger partial charge on any atom is -0.306 e. The highest BCUT2D eigenvalue weighted by molar-refractivity contribution is 7.26. The van der Waals surface area contributed by atoms with E-state index in [1.807, 2.05) is 92.7 Å². The van der Waals surface area contributed by atoms with Gasteiger partial charge in [0.25, 0.3) is 0 Å². The smallest absolute Gasteiger partial charge is 0.115 e. The van der Waals surface area contributed by atoms with Crippen molar-refractivity contribution in [3.05, 3.63) is 165 Å². The predicted molar refractivity (Wildman–Crippen MR) is 234 cm³/mol. The van der Waals surface area contributed by atoms with E-state index in [0.29, 0.717) is 0 Å². The van der Waals surface area contributed by atoms with Crippen molar-refractivity contribution in [1.82, 2.24) is 43.6 Å². The molecule has 270 valence electrons. The van der Waals surface area contributed by atoms with Gasteiger partial charge in [0, 0.05) is 64.0 Å². The van der Waals surface area contributed by atoms with Crippen LogP contribution < -0.4 is 0 Å². The molecule has 0 saturated carbocycles. The molecule has 10 aromatic heterocycles. The highest BCUT2D eigenvalue weighted by atomic mass is 32.1. The van der Waals surface area contributed by atoms with Gasteiger partial charge in [0.15, 0.2) is 0 Å². The number of aromatic nitrogens is 9. The van der Waals surface area contributed by atoms with Gasteiger partial charge >= 0.3 is 0 Å². The lowest BCUT2D eigenvalue weighted by molar-refractivity contribution is 1.14. The second-order valence-electron chi connectivity index (χ2n) is 13.6. The fourth-order valence-electron chi connectivity index (χ4n) is 8.17. The zero-order valence-corrected chi connectivity index (χ0v) is 31.5. The van der Waals surface area contributed by atoms with Crippen molar-refractivity contribution in [2.24, 2.45) is 0 Å². The maximum atomic E-state index is 4.81. The van der Waals surface area contributed by atoms with Gasteiger partial charge in [-0.3, -0.25) is 29.9 Å². The van der Waals surface area contributed by atoms with Crippen LogP contribution in [0.1, 0.15) is 6.92 Å². The zero-order chi connectivity index (χ0) is 38.0. The Labute approximate surface area is 329 Å². The van der Waals surface area contributed by atoms with Crippen LogP contribution in [0.3, 0.4) is 0 Å². The van der Waals surface area contributed by atoms with Crippen LogP contribution in [0.5, 0.6) is 0 Å². The molecular formula is C47H31N9S. The monoisotopic (exact) mass is 753 g/mol. The summed E-state index contributed by atoms with van der Waals surface area (Å²) in [6.07, 6.45) is 16.6. The third-order valence-corrected chi connectivity index (χ3v) is 11.7. The first kappa shape index (κ1) is 32.8. The van der Waals surface area contributed by atoms with Crippen LogP contribution in [0, 0.1) is 0 Å². The third-order valence-electron chi connectivity index (χ3n) is 10.4. The van der Waals surface area contributed by atoms with E-state index in [9.17, 15) is 0 Å². The highest BCUT2D eigenvalue weighted by Crippen LogP contribution is 2.44. The van der Waals surface area contributed by atoms with Crippen molar-refractivity contribution < 1.29 is 0 Å². The molecule has 0 aliphatic heterocycles. The lowest BCUT2D eigenvalue weighted by atomic mass is 10.1. The molecule has 10 heterocycles. The molecule has 0 atom stereocenters. The number of pyridine rings is 6. The molecule has 0 aliphatic carbocycles. The Morgan fingerprint density at radius 3 is 1.28 bits per heavy atom. The molecule has 0 fully saturated rings. The first-order chi connectivity index (χ1) is 28.2. The largest absolute Gasteiger partial charge is 0.306 e. The van der Waals surface area contributed by atoms with Crippen LogP contribution in [-0.4, -0.2) is 43.6 Å². The molecule has 2 aromatic carbocycles. The predicted octanol–water partition coefficient (Wildman–Crippen LogP) is 11.5. The molecule has 10 heteroatoms. The molecule has 0 bridgehead atoms. The average molecular weight is 754 g/mol. The molecule has 0 saturated heterocycles. The van der Waals surface area contributed by atoms with Crippen molar-refractivity contribution in [2.75, 3.05) is 0 Å². The van der Waals surface area contributed by atoms with E-state index >= 15 is 0 Å². The minimum atomic E-state index is 0.871. The van der Waals surface area contributed by atoms with Crippen LogP contribution in [0.15, 0.2) is 165 Å². The Kier molecular flexibility index (Phi) is 7.51. The summed E-state index contributed by atoms with van der Waals surface area (Å²) in [4.78, 5) is 28.6. The van der Waals surface area contributed by atoms with Crippen LogP contribution in [0.4, 0.5) is 0 Å². The Morgan fingerprint density at radius 1 is 0.474 bits per heavy atom. The van der Waals surface area contributed by atoms with E-state index in [0.717, 1.165) is 94.0 Å². The van der Waals surface area contributed by atoms with Crippen LogP contribution in [0.2, 0.25) is 0 Å². The average Bonchev–Trinajstić information content (AvgIpc) is 4.00. The van der Waals surface area contributed by atoms with Gasteiger partial charge in [-0.15, -0.1) is 11.3 Å². The Morgan fingerprint density at radius 2 is 0.877 bits per heavy atom. The lowest BCUT2D eigenvalue weighted by Gasteiger charge is -2.14. The summed E-state index contributed by atoms with van der Waals surface area (Å²) in [6, 6.07) is 36.0. The van der Waals surface area contributed by atoms with E-state index in [4.69, 9.17) is 29.9 Å². The van der Waals surface area contributed by atoms with E-state index in [1.165, 1.54) is 9.40 Å². The third kappa shape index (κ3) is 4.94. The van der Waals surface area contributed by atoms with E-state index in [-0.39, 0.29) is 0 Å². The van der Waals surface area contributed by atoms with Crippen molar-refractivity contribution >= 4 is 97.7 Å². The van der Waals surface area contributed by atoms with Gasteiger partial charge in [0.2, 0.25) is 0 Å². The number of hydrogen-bond donors (Lipinski definition) is 0. The molecule has 0 aliphatic rings. The zero-order valence-electron chi connectivity index (χ0n) is 30.7. The molecule has 57 heavy (non-hydrogen) atoms. The maximum absolute atomic E-state index is 4.81. The molecule has 0 unspecified atom stereocenters. The molecular weight excluding hydrogens is 723 g/mol. The fourth-order valence-corrected chi connectivity index (χ4v) is 9.34. The standard InChI is InChI=1S/C42H23N9S.C5H8/c1-7-28-36(43-15-1)37-29(8-2-16-44-37)49(28)24-13-14-35-26(21-24)27-22-25(50-30-9-3-17-45-38(30)39-31(50)10-4-18-46-39)23-34(42(27)52-35)51-32-11-5-19-47-40(32)41-33(51)12-6-20-48-41;1-3-5-4-2/h1-23H;3-5H,1H2,2H3/b;5-4-. The highest BCUT2D eigenvalue weighted by Gasteiger charge is 2.22. The van der Waals surface area contributed by atoms with E-state index in [2.05, 4.69) is 87.0 Å². The molecule has 0 spiro atoms. The summed E-state index contributed by atoms with van der Waals surface area (Å²) in [5.74, 6) is 0. The number of thiophene rings is 1. The van der Waals surface area contributed by atoms with Gasteiger partial charge in [-0.25, -0.2) is 0 Å². The second kappa shape index (κ2) is 13.0. The Balaban J connectivity index is 0.000000708. The topological polar surface area (TPSA) is 92.1 Å². The minimum absolute atomic E-state index is 0.871. The van der Waals surface area contributed by atoms with Crippen molar-refractivity contribution in [2.45, 2.75) is 6.92 Å². The fraction of sp³-hybridized carbons (Fsp3) is 0.0213. The number of hydrogen-bond acceptors (Lipinski definition) is 7. The summed E-state index contributed by atoms with van der Waals surface area (Å²) in [7, 11) is 0. The summed E-state index contributed by atoms with van der Waals surface area (Å²) in [5.41, 5.74) is 14.4. The maximum Gasteiger partial charge on any atom is 0.115 e. The van der Waals surface area contributed by atoms with Crippen molar-refractivity contribution in [3.63, 3.8) is 0 Å². The van der Waals surface area contributed by atoms with E-state index in [1.54, 1.807) is 17.4 Å². The number of rotatable bonds is 4. The number of fused-ring (bicyclic) bond motifs is 12. The first-order valence-electron chi connectivity index (χ1n) is 18.6. The number of allylic oxidation sites excluding steroid dienone is 3. The first-order valence-corrected chi connectivity index (χ1v) is 19.4. The molecule has 9 nitrogen and oxygen atoms in total. The van der Waals surface area contributed by atoms with Gasteiger partial charge < -0.3 is 13.7 Å². The summed E-state index contributed by atoms with van der Waals surface area (Å²) < 4.78 is 9.24. The summed E-state index contributed by atoms with van der Waals surface area (Å²) in [5, 5.41) is 2.31. The van der Waals surface area contributed by atoms with E-state index < -0.39 is 0 Å². The van der Waals surface area contributed by atoms with Gasteiger partial charge in [0.05, 0.1) is 43.5 Å². The molecule has 12 aromatic rings. The summed E-state index contributed by atoms with van der Waals surface area (Å²) >= 11 is 1.80. The normalized spacial score (nSPS) is 11.9. The van der Waals surface area contributed by atoms with Gasteiger partial charge in [0.1, 0.15) is 33.1 Å². The molecule has 0 radical (unpaired) electrons. The Bertz CT molecular complexity index is 3430.